The van der Waals surface area contributed by atoms with Gasteiger partial charge in [0.05, 0.1) is 41.5 Å². The normalized spacial score (nSPS) is 19.4. The molecule has 7 heteroatoms. The number of nitriles is 1. The van der Waals surface area contributed by atoms with Crippen LogP contribution >= 0.6 is 0 Å². The van der Waals surface area contributed by atoms with Crippen molar-refractivity contribution < 1.29 is 9.53 Å². The average molecular weight is 508 g/mol. The highest BCUT2D eigenvalue weighted by Crippen LogP contribution is 2.46. The molecular weight excluding hydrogens is 474 g/mol. The lowest BCUT2D eigenvalue weighted by Gasteiger charge is -2.42. The molecule has 2 saturated carbocycles. The van der Waals surface area contributed by atoms with E-state index in [1.807, 2.05) is 24.3 Å². The van der Waals surface area contributed by atoms with Crippen molar-refractivity contribution in [3.8, 4) is 17.2 Å². The molecule has 1 amide bonds. The van der Waals surface area contributed by atoms with Crippen molar-refractivity contribution in [3.63, 3.8) is 0 Å². The lowest BCUT2D eigenvalue weighted by atomic mass is 9.95. The summed E-state index contributed by atoms with van der Waals surface area (Å²) in [5.41, 5.74) is 5.43. The van der Waals surface area contributed by atoms with Gasteiger partial charge in [-0.2, -0.15) is 5.26 Å². The van der Waals surface area contributed by atoms with Gasteiger partial charge in [-0.25, -0.2) is 9.97 Å². The molecule has 0 bridgehead atoms. The second-order valence-electron chi connectivity index (χ2n) is 10.7. The molecule has 1 aromatic carbocycles. The number of hydrogen-bond donors (Lipinski definition) is 0. The Morgan fingerprint density at radius 2 is 1.97 bits per heavy atom. The van der Waals surface area contributed by atoms with Crippen LogP contribution in [0.25, 0.3) is 28.1 Å². The lowest BCUT2D eigenvalue weighted by Crippen LogP contribution is -2.56. The zero-order valence-electron chi connectivity index (χ0n) is 21.9. The molecule has 6 rings (SSSR count). The van der Waals surface area contributed by atoms with Crippen LogP contribution in [0.3, 0.4) is 0 Å². The zero-order chi connectivity index (χ0) is 26.2. The van der Waals surface area contributed by atoms with E-state index in [1.54, 1.807) is 13.2 Å². The third kappa shape index (κ3) is 4.65. The van der Waals surface area contributed by atoms with Crippen LogP contribution in [0.5, 0.6) is 0 Å². The number of nitrogens with zero attached hydrogens (tertiary/aromatic N) is 5. The number of benzene rings is 1. The Morgan fingerprint density at radius 3 is 2.68 bits per heavy atom. The van der Waals surface area contributed by atoms with Crippen LogP contribution in [-0.2, 0) is 9.53 Å². The molecule has 3 fully saturated rings. The molecule has 1 unspecified atom stereocenters. The Labute approximate surface area is 223 Å². The quantitative estimate of drug-likeness (QED) is 0.419. The smallest absolute Gasteiger partial charge is 0.225 e. The molecule has 1 saturated heterocycles. The van der Waals surface area contributed by atoms with Gasteiger partial charge in [0.2, 0.25) is 5.91 Å². The maximum Gasteiger partial charge on any atom is 0.225 e. The van der Waals surface area contributed by atoms with Crippen LogP contribution in [-0.4, -0.2) is 60.2 Å². The maximum atomic E-state index is 12.9. The summed E-state index contributed by atoms with van der Waals surface area (Å²) < 4.78 is 5.15. The third-order valence-electron chi connectivity index (χ3n) is 8.08. The van der Waals surface area contributed by atoms with E-state index in [0.29, 0.717) is 50.1 Å². The fraction of sp³-hybridized carbons (Fsp3) is 0.419. The summed E-state index contributed by atoms with van der Waals surface area (Å²) in [6.45, 7) is 6.42. The van der Waals surface area contributed by atoms with Gasteiger partial charge >= 0.3 is 0 Å². The Hall–Kier alpha value is -3.76. The number of pyridine rings is 2. The fourth-order valence-corrected chi connectivity index (χ4v) is 5.78. The minimum Gasteiger partial charge on any atom is -0.384 e. The number of amides is 1. The first kappa shape index (κ1) is 24.6. The predicted molar refractivity (Wildman–Crippen MR) is 149 cm³/mol. The largest absolute Gasteiger partial charge is 0.384 e. The van der Waals surface area contributed by atoms with Gasteiger partial charge in [-0.1, -0.05) is 24.8 Å². The number of ether oxygens (including phenoxy) is 1. The molecule has 2 aromatic heterocycles. The minimum absolute atomic E-state index is 0.157. The number of para-hydroxylation sites is 1. The van der Waals surface area contributed by atoms with Gasteiger partial charge < -0.3 is 14.5 Å². The second kappa shape index (κ2) is 10.2. The molecular formula is C31H33N5O2. The average Bonchev–Trinajstić information content (AvgIpc) is 3.88. The van der Waals surface area contributed by atoms with Crippen molar-refractivity contribution in [2.24, 2.45) is 5.92 Å². The van der Waals surface area contributed by atoms with Crippen LogP contribution in [0.2, 0.25) is 0 Å². The van der Waals surface area contributed by atoms with Crippen LogP contribution in [0.15, 0.2) is 43.0 Å². The van der Waals surface area contributed by atoms with Crippen LogP contribution in [0.4, 0.5) is 5.82 Å². The van der Waals surface area contributed by atoms with Crippen molar-refractivity contribution in [2.45, 2.75) is 44.1 Å². The molecule has 3 heterocycles. The first-order valence-corrected chi connectivity index (χ1v) is 13.6. The first-order valence-electron chi connectivity index (χ1n) is 13.6. The highest BCUT2D eigenvalue weighted by molar-refractivity contribution is 5.96. The standard InChI is InChI=1S/C31H33N5O2/c1-3-23-17-25(24-6-4-5-7-27(24)33-23)26-16-22(18-32)31(34-30(26)21-10-11-21)35-13-14-36(29(37)12-15-38-2)28(19-35)20-8-9-20/h3-7,16-17,20-21,28H,1,8-15,19H2,2H3. The molecule has 1 atom stereocenters. The Balaban J connectivity index is 1.40. The van der Waals surface area contributed by atoms with E-state index in [4.69, 9.17) is 14.7 Å². The summed E-state index contributed by atoms with van der Waals surface area (Å²) in [5, 5.41) is 11.3. The van der Waals surface area contributed by atoms with Gasteiger partial charge in [0, 0.05) is 43.6 Å². The zero-order valence-corrected chi connectivity index (χ0v) is 21.9. The highest BCUT2D eigenvalue weighted by atomic mass is 16.5. The molecule has 1 aliphatic heterocycles. The summed E-state index contributed by atoms with van der Waals surface area (Å²) >= 11 is 0. The lowest BCUT2D eigenvalue weighted by molar-refractivity contribution is -0.135. The molecule has 3 aliphatic rings. The molecule has 194 valence electrons. The van der Waals surface area contributed by atoms with E-state index in [2.05, 4.69) is 34.6 Å². The molecule has 2 aliphatic carbocycles. The van der Waals surface area contributed by atoms with Gasteiger partial charge in [0.25, 0.3) is 0 Å². The summed E-state index contributed by atoms with van der Waals surface area (Å²) in [5.74, 6) is 1.84. The van der Waals surface area contributed by atoms with E-state index in [-0.39, 0.29) is 11.9 Å². The van der Waals surface area contributed by atoms with Crippen molar-refractivity contribution in [1.82, 2.24) is 14.9 Å². The monoisotopic (exact) mass is 507 g/mol. The number of piperazine rings is 1. The number of aromatic nitrogens is 2. The van der Waals surface area contributed by atoms with Crippen molar-refractivity contribution in [1.29, 1.82) is 5.26 Å². The molecule has 7 nitrogen and oxygen atoms in total. The number of methoxy groups -OCH3 is 1. The van der Waals surface area contributed by atoms with Crippen LogP contribution < -0.4 is 4.90 Å². The van der Waals surface area contributed by atoms with Gasteiger partial charge in [-0.3, -0.25) is 4.79 Å². The molecule has 0 spiro atoms. The number of fused-ring (bicyclic) bond motifs is 1. The molecule has 0 radical (unpaired) electrons. The molecule has 38 heavy (non-hydrogen) atoms. The Bertz CT molecular complexity index is 1440. The van der Waals surface area contributed by atoms with Crippen molar-refractivity contribution >= 4 is 28.7 Å². The number of anilines is 1. The topological polar surface area (TPSA) is 82.4 Å². The molecule has 0 N–H and O–H groups in total. The number of hydrogen-bond acceptors (Lipinski definition) is 6. The highest BCUT2D eigenvalue weighted by Gasteiger charge is 2.41. The van der Waals surface area contributed by atoms with E-state index < -0.39 is 0 Å². The SMILES string of the molecule is C=Cc1cc(-c2cc(C#N)c(N3CCN(C(=O)CCOC)C(C4CC4)C3)nc2C2CC2)c2ccccc2n1. The summed E-state index contributed by atoms with van der Waals surface area (Å²) in [6, 6.07) is 14.8. The Morgan fingerprint density at radius 1 is 1.16 bits per heavy atom. The van der Waals surface area contributed by atoms with E-state index in [0.717, 1.165) is 64.9 Å². The maximum absolute atomic E-state index is 12.9. The predicted octanol–water partition coefficient (Wildman–Crippen LogP) is 5.15. The second-order valence-corrected chi connectivity index (χ2v) is 10.7. The van der Waals surface area contributed by atoms with Crippen molar-refractivity contribution in [2.75, 3.05) is 38.3 Å². The minimum atomic E-state index is 0.157. The summed E-state index contributed by atoms with van der Waals surface area (Å²) in [7, 11) is 1.63. The van der Waals surface area contributed by atoms with Gasteiger partial charge in [0.1, 0.15) is 11.9 Å². The van der Waals surface area contributed by atoms with E-state index in [1.165, 1.54) is 0 Å². The van der Waals surface area contributed by atoms with E-state index >= 15 is 0 Å². The van der Waals surface area contributed by atoms with Crippen LogP contribution in [0.1, 0.15) is 55.0 Å². The number of carbonyl (C=O) groups excluding carboxylic acids is 1. The van der Waals surface area contributed by atoms with E-state index in [9.17, 15) is 10.1 Å². The fourth-order valence-electron chi connectivity index (χ4n) is 5.78. The third-order valence-corrected chi connectivity index (χ3v) is 8.08. The summed E-state index contributed by atoms with van der Waals surface area (Å²) in [4.78, 5) is 27.2. The Kier molecular flexibility index (Phi) is 6.59. The van der Waals surface area contributed by atoms with Gasteiger partial charge in [-0.05, 0) is 61.4 Å². The number of carbonyl (C=O) groups is 1. The van der Waals surface area contributed by atoms with Crippen molar-refractivity contribution in [3.05, 3.63) is 59.9 Å². The summed E-state index contributed by atoms with van der Waals surface area (Å²) in [6.07, 6.45) is 6.69. The molecule has 3 aromatic rings. The van der Waals surface area contributed by atoms with Crippen LogP contribution in [0, 0.1) is 17.2 Å². The first-order chi connectivity index (χ1) is 18.6. The van der Waals surface area contributed by atoms with Gasteiger partial charge in [-0.15, -0.1) is 0 Å². The van der Waals surface area contributed by atoms with Gasteiger partial charge in [0.15, 0.2) is 0 Å². The number of rotatable bonds is 8.